The van der Waals surface area contributed by atoms with Crippen LogP contribution in [-0.2, 0) is 7.05 Å². The molecule has 4 heteroatoms. The summed E-state index contributed by atoms with van der Waals surface area (Å²) in [6, 6.07) is 4.47. The minimum Gasteiger partial charge on any atom is -0.275 e. The van der Waals surface area contributed by atoms with Crippen LogP contribution < -0.4 is 0 Å². The van der Waals surface area contributed by atoms with E-state index in [0.29, 0.717) is 11.4 Å². The summed E-state index contributed by atoms with van der Waals surface area (Å²) < 4.78 is 14.4. The normalized spacial score (nSPS) is 10.3. The predicted molar refractivity (Wildman–Crippen MR) is 46.4 cm³/mol. The van der Waals surface area contributed by atoms with Gasteiger partial charge in [0.05, 0.1) is 5.69 Å². The number of aryl methyl sites for hydroxylation is 1. The van der Waals surface area contributed by atoms with Crippen LogP contribution in [0.4, 0.5) is 4.39 Å². The quantitative estimate of drug-likeness (QED) is 0.662. The zero-order chi connectivity index (χ0) is 9.26. The second kappa shape index (κ2) is 2.97. The maximum Gasteiger partial charge on any atom is 0.126 e. The standard InChI is InChI=1S/C9H8FN3/c1-13-5-3-8(12-13)9-6-7(10)2-4-11-9/h2-6H,1H3. The van der Waals surface area contributed by atoms with Gasteiger partial charge in [0.25, 0.3) is 0 Å². The number of hydrogen-bond donors (Lipinski definition) is 0. The van der Waals surface area contributed by atoms with Gasteiger partial charge in [0.1, 0.15) is 11.5 Å². The molecule has 13 heavy (non-hydrogen) atoms. The number of nitrogens with zero attached hydrogens (tertiary/aromatic N) is 3. The van der Waals surface area contributed by atoms with E-state index in [-0.39, 0.29) is 5.82 Å². The summed E-state index contributed by atoms with van der Waals surface area (Å²) in [5.41, 5.74) is 1.24. The number of aromatic nitrogens is 3. The Morgan fingerprint density at radius 3 is 2.77 bits per heavy atom. The number of hydrogen-bond acceptors (Lipinski definition) is 2. The molecule has 2 rings (SSSR count). The molecule has 0 N–H and O–H groups in total. The highest BCUT2D eigenvalue weighted by Crippen LogP contribution is 2.13. The second-order valence-corrected chi connectivity index (χ2v) is 2.73. The van der Waals surface area contributed by atoms with E-state index in [1.165, 1.54) is 18.3 Å². The third-order valence-corrected chi connectivity index (χ3v) is 1.70. The number of halogens is 1. The first-order valence-electron chi connectivity index (χ1n) is 3.87. The van der Waals surface area contributed by atoms with Crippen LogP contribution in [-0.4, -0.2) is 14.8 Å². The van der Waals surface area contributed by atoms with Crippen molar-refractivity contribution in [3.05, 3.63) is 36.4 Å². The Bertz CT molecular complexity index is 422. The summed E-state index contributed by atoms with van der Waals surface area (Å²) in [6.45, 7) is 0. The molecule has 0 spiro atoms. The Morgan fingerprint density at radius 1 is 1.31 bits per heavy atom. The van der Waals surface area contributed by atoms with E-state index in [1.54, 1.807) is 16.9 Å². The van der Waals surface area contributed by atoms with E-state index in [0.717, 1.165) is 0 Å². The predicted octanol–water partition coefficient (Wildman–Crippen LogP) is 1.62. The summed E-state index contributed by atoms with van der Waals surface area (Å²) in [4.78, 5) is 4.01. The van der Waals surface area contributed by atoms with Crippen LogP contribution >= 0.6 is 0 Å². The van der Waals surface area contributed by atoms with E-state index in [2.05, 4.69) is 10.1 Å². The molecule has 2 aromatic rings. The first-order valence-corrected chi connectivity index (χ1v) is 3.87. The summed E-state index contributed by atoms with van der Waals surface area (Å²) in [6.07, 6.45) is 3.22. The monoisotopic (exact) mass is 177 g/mol. The van der Waals surface area contributed by atoms with Gasteiger partial charge in [-0.1, -0.05) is 0 Å². The molecule has 2 heterocycles. The van der Waals surface area contributed by atoms with E-state index in [9.17, 15) is 4.39 Å². The molecule has 2 aromatic heterocycles. The lowest BCUT2D eigenvalue weighted by Gasteiger charge is -1.94. The van der Waals surface area contributed by atoms with E-state index >= 15 is 0 Å². The SMILES string of the molecule is Cn1ccc(-c2cc(F)ccn2)n1. The van der Waals surface area contributed by atoms with Crippen molar-refractivity contribution in [2.24, 2.45) is 7.05 Å². The minimum absolute atomic E-state index is 0.296. The summed E-state index contributed by atoms with van der Waals surface area (Å²) in [5.74, 6) is -0.296. The van der Waals surface area contributed by atoms with Gasteiger partial charge in [-0.05, 0) is 12.1 Å². The van der Waals surface area contributed by atoms with Crippen LogP contribution in [0.1, 0.15) is 0 Å². The highest BCUT2D eigenvalue weighted by molar-refractivity contribution is 5.52. The maximum atomic E-state index is 12.8. The molecule has 0 radical (unpaired) electrons. The van der Waals surface area contributed by atoms with Crippen LogP contribution in [0.3, 0.4) is 0 Å². The molecule has 0 bridgehead atoms. The zero-order valence-electron chi connectivity index (χ0n) is 7.11. The molecule has 0 unspecified atom stereocenters. The molecule has 0 aliphatic rings. The van der Waals surface area contributed by atoms with Gasteiger partial charge in [-0.2, -0.15) is 5.10 Å². The molecule has 0 saturated heterocycles. The average Bonchev–Trinajstić information content (AvgIpc) is 2.52. The van der Waals surface area contributed by atoms with Gasteiger partial charge < -0.3 is 0 Å². The Morgan fingerprint density at radius 2 is 2.15 bits per heavy atom. The fourth-order valence-electron chi connectivity index (χ4n) is 1.10. The zero-order valence-corrected chi connectivity index (χ0v) is 7.11. The Labute approximate surface area is 74.8 Å². The topological polar surface area (TPSA) is 30.7 Å². The molecular weight excluding hydrogens is 169 g/mol. The molecule has 3 nitrogen and oxygen atoms in total. The van der Waals surface area contributed by atoms with Crippen LogP contribution in [0.2, 0.25) is 0 Å². The fourth-order valence-corrected chi connectivity index (χ4v) is 1.10. The summed E-state index contributed by atoms with van der Waals surface area (Å²) in [7, 11) is 1.81. The van der Waals surface area contributed by atoms with Crippen LogP contribution in [0.25, 0.3) is 11.4 Å². The smallest absolute Gasteiger partial charge is 0.126 e. The molecule has 0 aliphatic carbocycles. The van der Waals surface area contributed by atoms with Crippen molar-refractivity contribution < 1.29 is 4.39 Å². The van der Waals surface area contributed by atoms with Crippen molar-refractivity contribution in [3.8, 4) is 11.4 Å². The van der Waals surface area contributed by atoms with Gasteiger partial charge in [-0.15, -0.1) is 0 Å². The van der Waals surface area contributed by atoms with Crippen molar-refractivity contribution in [1.82, 2.24) is 14.8 Å². The fraction of sp³-hybridized carbons (Fsp3) is 0.111. The lowest BCUT2D eigenvalue weighted by molar-refractivity contribution is 0.626. The van der Waals surface area contributed by atoms with Crippen molar-refractivity contribution >= 4 is 0 Å². The van der Waals surface area contributed by atoms with Gasteiger partial charge in [0.2, 0.25) is 0 Å². The van der Waals surface area contributed by atoms with Gasteiger partial charge in [0.15, 0.2) is 0 Å². The summed E-state index contributed by atoms with van der Waals surface area (Å²) in [5, 5.41) is 4.11. The molecule has 0 aromatic carbocycles. The van der Waals surface area contributed by atoms with Crippen LogP contribution in [0.15, 0.2) is 30.6 Å². The Hall–Kier alpha value is -1.71. The molecule has 0 atom stereocenters. The van der Waals surface area contributed by atoms with Crippen LogP contribution in [0.5, 0.6) is 0 Å². The maximum absolute atomic E-state index is 12.8. The first kappa shape index (κ1) is 7.91. The van der Waals surface area contributed by atoms with Gasteiger partial charge in [-0.25, -0.2) is 4.39 Å². The third-order valence-electron chi connectivity index (χ3n) is 1.70. The van der Waals surface area contributed by atoms with Gasteiger partial charge in [0, 0.05) is 25.5 Å². The van der Waals surface area contributed by atoms with Crippen molar-refractivity contribution in [1.29, 1.82) is 0 Å². The Balaban J connectivity index is 2.46. The molecular formula is C9H8FN3. The number of pyridine rings is 1. The average molecular weight is 177 g/mol. The number of rotatable bonds is 1. The van der Waals surface area contributed by atoms with Crippen molar-refractivity contribution in [3.63, 3.8) is 0 Å². The highest BCUT2D eigenvalue weighted by Gasteiger charge is 2.02. The largest absolute Gasteiger partial charge is 0.275 e. The van der Waals surface area contributed by atoms with Crippen molar-refractivity contribution in [2.75, 3.05) is 0 Å². The minimum atomic E-state index is -0.296. The Kier molecular flexibility index (Phi) is 1.81. The van der Waals surface area contributed by atoms with Crippen LogP contribution in [0, 0.1) is 5.82 Å². The first-order chi connectivity index (χ1) is 6.25. The van der Waals surface area contributed by atoms with E-state index in [4.69, 9.17) is 0 Å². The van der Waals surface area contributed by atoms with E-state index in [1.807, 2.05) is 7.05 Å². The second-order valence-electron chi connectivity index (χ2n) is 2.73. The molecule has 0 aliphatic heterocycles. The lowest BCUT2D eigenvalue weighted by Crippen LogP contribution is -1.89. The molecule has 0 fully saturated rings. The third kappa shape index (κ3) is 1.56. The summed E-state index contributed by atoms with van der Waals surface area (Å²) >= 11 is 0. The molecule has 66 valence electrons. The lowest BCUT2D eigenvalue weighted by atomic mass is 10.3. The van der Waals surface area contributed by atoms with Gasteiger partial charge >= 0.3 is 0 Å². The van der Waals surface area contributed by atoms with Gasteiger partial charge in [-0.3, -0.25) is 9.67 Å². The van der Waals surface area contributed by atoms with Crippen molar-refractivity contribution in [2.45, 2.75) is 0 Å². The highest BCUT2D eigenvalue weighted by atomic mass is 19.1. The molecule has 0 saturated carbocycles. The van der Waals surface area contributed by atoms with E-state index < -0.39 is 0 Å². The molecule has 0 amide bonds.